The molecule has 1 atom stereocenters. The Labute approximate surface area is 121 Å². The molecule has 1 aliphatic heterocycles. The number of nitrogens with zero attached hydrogens (tertiary/aromatic N) is 1. The molecule has 2 aromatic rings. The predicted molar refractivity (Wildman–Crippen MR) is 79.3 cm³/mol. The van der Waals surface area contributed by atoms with Gasteiger partial charge in [0.15, 0.2) is 0 Å². The second-order valence-corrected chi connectivity index (χ2v) is 5.33. The number of carboxylic acids is 1. The maximum Gasteiger partial charge on any atom is 0.321 e. The van der Waals surface area contributed by atoms with Gasteiger partial charge in [0.2, 0.25) is 0 Å². The highest BCUT2D eigenvalue weighted by molar-refractivity contribution is 5.93. The molecule has 1 unspecified atom stereocenters. The molecule has 6 heteroatoms. The highest BCUT2D eigenvalue weighted by Gasteiger charge is 2.28. The maximum atomic E-state index is 12.2. The third-order valence-corrected chi connectivity index (χ3v) is 3.86. The van der Waals surface area contributed by atoms with Crippen molar-refractivity contribution in [3.05, 3.63) is 30.5 Å². The van der Waals surface area contributed by atoms with E-state index in [9.17, 15) is 9.59 Å². The lowest BCUT2D eigenvalue weighted by Crippen LogP contribution is -2.44. The van der Waals surface area contributed by atoms with Crippen LogP contribution >= 0.6 is 0 Å². The Morgan fingerprint density at radius 2 is 2.19 bits per heavy atom. The topological polar surface area (TPSA) is 85.4 Å². The zero-order valence-corrected chi connectivity index (χ0v) is 11.5. The van der Waals surface area contributed by atoms with E-state index in [0.717, 1.165) is 17.3 Å². The van der Waals surface area contributed by atoms with E-state index >= 15 is 0 Å². The number of amides is 2. The van der Waals surface area contributed by atoms with Gasteiger partial charge in [0, 0.05) is 35.9 Å². The summed E-state index contributed by atoms with van der Waals surface area (Å²) in [5.41, 5.74) is 1.72. The summed E-state index contributed by atoms with van der Waals surface area (Å²) < 4.78 is 0. The highest BCUT2D eigenvalue weighted by Crippen LogP contribution is 2.20. The van der Waals surface area contributed by atoms with E-state index in [-0.39, 0.29) is 12.6 Å². The number of H-pyrrole nitrogens is 1. The van der Waals surface area contributed by atoms with Crippen molar-refractivity contribution in [2.24, 2.45) is 5.92 Å². The summed E-state index contributed by atoms with van der Waals surface area (Å²) in [7, 11) is 0. The summed E-state index contributed by atoms with van der Waals surface area (Å²) in [4.78, 5) is 27.9. The van der Waals surface area contributed by atoms with E-state index < -0.39 is 11.9 Å². The number of hydrogen-bond donors (Lipinski definition) is 3. The number of fused-ring (bicyclic) bond motifs is 1. The SMILES string of the molecule is O=C(O)C1CCCN(C(=O)Nc2ccc3[nH]ccc3c2)C1. The van der Waals surface area contributed by atoms with Crippen LogP contribution in [0.5, 0.6) is 0 Å². The van der Waals surface area contributed by atoms with Crippen LogP contribution in [0.4, 0.5) is 10.5 Å². The largest absolute Gasteiger partial charge is 0.481 e. The van der Waals surface area contributed by atoms with Gasteiger partial charge >= 0.3 is 12.0 Å². The highest BCUT2D eigenvalue weighted by atomic mass is 16.4. The molecule has 3 N–H and O–H groups in total. The summed E-state index contributed by atoms with van der Waals surface area (Å²) in [6.45, 7) is 0.871. The van der Waals surface area contributed by atoms with Gasteiger partial charge in [0.1, 0.15) is 0 Å². The fourth-order valence-electron chi connectivity index (χ4n) is 2.70. The molecule has 0 bridgehead atoms. The van der Waals surface area contributed by atoms with Crippen molar-refractivity contribution in [2.75, 3.05) is 18.4 Å². The first-order valence-corrected chi connectivity index (χ1v) is 6.99. The summed E-state index contributed by atoms with van der Waals surface area (Å²) in [6.07, 6.45) is 3.20. The number of carbonyl (C=O) groups is 2. The first kappa shape index (κ1) is 13.5. The molecule has 0 aliphatic carbocycles. The van der Waals surface area contributed by atoms with Crippen LogP contribution in [0.15, 0.2) is 30.5 Å². The molecule has 3 rings (SSSR count). The number of rotatable bonds is 2. The average molecular weight is 287 g/mol. The Morgan fingerprint density at radius 3 is 3.00 bits per heavy atom. The third kappa shape index (κ3) is 2.84. The van der Waals surface area contributed by atoms with E-state index in [0.29, 0.717) is 18.7 Å². The normalized spacial score (nSPS) is 18.7. The summed E-state index contributed by atoms with van der Waals surface area (Å²) in [5, 5.41) is 12.9. The number of aromatic amines is 1. The van der Waals surface area contributed by atoms with Gasteiger partial charge in [-0.05, 0) is 37.1 Å². The van der Waals surface area contributed by atoms with Gasteiger partial charge in [-0.15, -0.1) is 0 Å². The summed E-state index contributed by atoms with van der Waals surface area (Å²) in [6, 6.07) is 7.32. The lowest BCUT2D eigenvalue weighted by molar-refractivity contribution is -0.143. The van der Waals surface area contributed by atoms with E-state index in [4.69, 9.17) is 5.11 Å². The number of aromatic nitrogens is 1. The molecule has 21 heavy (non-hydrogen) atoms. The van der Waals surface area contributed by atoms with Crippen molar-refractivity contribution in [2.45, 2.75) is 12.8 Å². The van der Waals surface area contributed by atoms with Crippen LogP contribution in [0.3, 0.4) is 0 Å². The molecule has 1 aliphatic rings. The number of aliphatic carboxylic acids is 1. The minimum Gasteiger partial charge on any atom is -0.481 e. The van der Waals surface area contributed by atoms with Crippen LogP contribution in [-0.2, 0) is 4.79 Å². The predicted octanol–water partition coefficient (Wildman–Crippen LogP) is 2.50. The smallest absolute Gasteiger partial charge is 0.321 e. The third-order valence-electron chi connectivity index (χ3n) is 3.86. The summed E-state index contributed by atoms with van der Waals surface area (Å²) >= 11 is 0. The molecule has 110 valence electrons. The number of hydrogen-bond acceptors (Lipinski definition) is 2. The Morgan fingerprint density at radius 1 is 1.33 bits per heavy atom. The zero-order chi connectivity index (χ0) is 14.8. The number of carboxylic acid groups (broad SMARTS) is 1. The molecule has 0 spiro atoms. The first-order chi connectivity index (χ1) is 10.1. The first-order valence-electron chi connectivity index (χ1n) is 6.99. The quantitative estimate of drug-likeness (QED) is 0.793. The van der Waals surface area contributed by atoms with Crippen molar-refractivity contribution in [3.8, 4) is 0 Å². The number of benzene rings is 1. The number of anilines is 1. The molecule has 1 saturated heterocycles. The zero-order valence-electron chi connectivity index (χ0n) is 11.5. The van der Waals surface area contributed by atoms with Gasteiger partial charge in [-0.2, -0.15) is 0 Å². The van der Waals surface area contributed by atoms with Crippen molar-refractivity contribution in [1.82, 2.24) is 9.88 Å². The number of urea groups is 1. The Bertz CT molecular complexity index is 680. The maximum absolute atomic E-state index is 12.2. The monoisotopic (exact) mass is 287 g/mol. The molecule has 1 fully saturated rings. The van der Waals surface area contributed by atoms with Crippen molar-refractivity contribution in [3.63, 3.8) is 0 Å². The fourth-order valence-corrected chi connectivity index (χ4v) is 2.70. The number of piperidine rings is 1. The molecule has 0 saturated carbocycles. The van der Waals surface area contributed by atoms with E-state index in [1.807, 2.05) is 30.5 Å². The van der Waals surface area contributed by atoms with Crippen molar-refractivity contribution in [1.29, 1.82) is 0 Å². The van der Waals surface area contributed by atoms with Gasteiger partial charge in [0.25, 0.3) is 0 Å². The van der Waals surface area contributed by atoms with Gasteiger partial charge < -0.3 is 20.3 Å². The second-order valence-electron chi connectivity index (χ2n) is 5.33. The van der Waals surface area contributed by atoms with Crippen LogP contribution in [0.1, 0.15) is 12.8 Å². The van der Waals surface area contributed by atoms with Gasteiger partial charge in [-0.3, -0.25) is 4.79 Å². The molecule has 0 radical (unpaired) electrons. The standard InChI is InChI=1S/C15H17N3O3/c19-14(20)11-2-1-7-18(9-11)15(21)17-12-3-4-13-10(8-12)5-6-16-13/h3-6,8,11,16H,1-2,7,9H2,(H,17,21)(H,19,20). The molecule has 1 aromatic heterocycles. The van der Waals surface area contributed by atoms with Gasteiger partial charge in [0.05, 0.1) is 5.92 Å². The molecule has 2 amide bonds. The van der Waals surface area contributed by atoms with Crippen LogP contribution in [0.2, 0.25) is 0 Å². The minimum absolute atomic E-state index is 0.240. The molecule has 6 nitrogen and oxygen atoms in total. The van der Waals surface area contributed by atoms with E-state index in [1.165, 1.54) is 0 Å². The van der Waals surface area contributed by atoms with Crippen LogP contribution in [-0.4, -0.2) is 40.1 Å². The van der Waals surface area contributed by atoms with Gasteiger partial charge in [-0.25, -0.2) is 4.79 Å². The van der Waals surface area contributed by atoms with Crippen molar-refractivity contribution >= 4 is 28.6 Å². The Balaban J connectivity index is 1.69. The van der Waals surface area contributed by atoms with Crippen LogP contribution < -0.4 is 5.32 Å². The molecule has 1 aromatic carbocycles. The number of likely N-dealkylation sites (tertiary alicyclic amines) is 1. The van der Waals surface area contributed by atoms with Crippen LogP contribution in [0, 0.1) is 5.92 Å². The van der Waals surface area contributed by atoms with E-state index in [1.54, 1.807) is 4.90 Å². The molecular weight excluding hydrogens is 270 g/mol. The fraction of sp³-hybridized carbons (Fsp3) is 0.333. The Kier molecular flexibility index (Phi) is 3.51. The average Bonchev–Trinajstić information content (AvgIpc) is 2.95. The van der Waals surface area contributed by atoms with Gasteiger partial charge in [-0.1, -0.05) is 0 Å². The Hall–Kier alpha value is -2.50. The second kappa shape index (κ2) is 5.47. The van der Waals surface area contributed by atoms with Crippen molar-refractivity contribution < 1.29 is 14.7 Å². The number of carbonyl (C=O) groups excluding carboxylic acids is 1. The van der Waals surface area contributed by atoms with E-state index in [2.05, 4.69) is 10.3 Å². The number of nitrogens with one attached hydrogen (secondary N) is 2. The summed E-state index contributed by atoms with van der Waals surface area (Å²) in [5.74, 6) is -1.29. The van der Waals surface area contributed by atoms with Crippen LogP contribution in [0.25, 0.3) is 10.9 Å². The lowest BCUT2D eigenvalue weighted by atomic mass is 9.99. The lowest BCUT2D eigenvalue weighted by Gasteiger charge is -2.30. The minimum atomic E-state index is -0.832. The molecular formula is C15H17N3O3. The molecule has 2 heterocycles.